The molecule has 1 N–H and O–H groups in total. The van der Waals surface area contributed by atoms with E-state index in [0.29, 0.717) is 17.8 Å². The number of carbonyl (C=O) groups is 3. The normalized spacial score (nSPS) is 42.1. The van der Waals surface area contributed by atoms with E-state index in [2.05, 4.69) is 6.58 Å². The Balaban J connectivity index is 1.80. The van der Waals surface area contributed by atoms with E-state index >= 15 is 0 Å². The van der Waals surface area contributed by atoms with E-state index in [9.17, 15) is 19.5 Å². The summed E-state index contributed by atoms with van der Waals surface area (Å²) in [5, 5.41) is 11.9. The standard InChI is InChI=1S/C22H26O8/c1-6-10(2)19(24)29-15-8-21(9-27-21)17-14(28-13(5)23)7-11(3)22(17,26)18-16(15)12(4)20(25)30-18/h6-7,14-18,26H,4,8-9H2,1-3,5H3/t14-,15-,16-,17+,18+,21+,22-/m1/s1. The Morgan fingerprint density at radius 2 is 2.00 bits per heavy atom. The zero-order valence-electron chi connectivity index (χ0n) is 17.5. The molecule has 0 aromatic heterocycles. The highest BCUT2D eigenvalue weighted by molar-refractivity contribution is 5.92. The molecule has 30 heavy (non-hydrogen) atoms. The minimum absolute atomic E-state index is 0.143. The highest BCUT2D eigenvalue weighted by Gasteiger charge is 2.74. The second kappa shape index (κ2) is 6.78. The fourth-order valence-corrected chi connectivity index (χ4v) is 5.18. The Hall–Kier alpha value is -2.45. The molecular formula is C22H26O8. The molecule has 0 bridgehead atoms. The van der Waals surface area contributed by atoms with Crippen LogP contribution in [0.2, 0.25) is 0 Å². The van der Waals surface area contributed by atoms with Gasteiger partial charge in [0.15, 0.2) is 0 Å². The van der Waals surface area contributed by atoms with Gasteiger partial charge < -0.3 is 24.1 Å². The average Bonchev–Trinajstić information content (AvgIpc) is 3.31. The van der Waals surface area contributed by atoms with Gasteiger partial charge in [0.25, 0.3) is 0 Å². The molecule has 0 unspecified atom stereocenters. The van der Waals surface area contributed by atoms with Gasteiger partial charge in [0, 0.05) is 24.5 Å². The van der Waals surface area contributed by atoms with Gasteiger partial charge in [-0.25, -0.2) is 9.59 Å². The molecule has 1 saturated carbocycles. The van der Waals surface area contributed by atoms with Gasteiger partial charge in [0.2, 0.25) is 0 Å². The van der Waals surface area contributed by atoms with Gasteiger partial charge in [-0.1, -0.05) is 12.7 Å². The van der Waals surface area contributed by atoms with Gasteiger partial charge >= 0.3 is 17.9 Å². The van der Waals surface area contributed by atoms with Crippen LogP contribution in [0.15, 0.2) is 35.5 Å². The van der Waals surface area contributed by atoms with Crippen molar-refractivity contribution in [3.63, 3.8) is 0 Å². The van der Waals surface area contributed by atoms with Crippen LogP contribution >= 0.6 is 0 Å². The maximum absolute atomic E-state index is 12.5. The van der Waals surface area contributed by atoms with Crippen LogP contribution in [0.3, 0.4) is 0 Å². The lowest BCUT2D eigenvalue weighted by Gasteiger charge is -2.39. The van der Waals surface area contributed by atoms with Gasteiger partial charge in [-0.15, -0.1) is 0 Å². The lowest BCUT2D eigenvalue weighted by molar-refractivity contribution is -0.169. The summed E-state index contributed by atoms with van der Waals surface area (Å²) in [6.07, 6.45) is 0.952. The number of ether oxygens (including phenoxy) is 4. The van der Waals surface area contributed by atoms with Crippen molar-refractivity contribution >= 4 is 17.9 Å². The van der Waals surface area contributed by atoms with Crippen molar-refractivity contribution in [3.05, 3.63) is 35.5 Å². The first-order valence-electron chi connectivity index (χ1n) is 10.0. The van der Waals surface area contributed by atoms with Gasteiger partial charge in [-0.3, -0.25) is 4.79 Å². The maximum atomic E-state index is 12.5. The molecule has 7 atom stereocenters. The Bertz CT molecular complexity index is 895. The van der Waals surface area contributed by atoms with Crippen LogP contribution in [0, 0.1) is 11.8 Å². The Morgan fingerprint density at radius 1 is 1.33 bits per heavy atom. The van der Waals surface area contributed by atoms with Crippen LogP contribution in [-0.4, -0.2) is 59.1 Å². The monoisotopic (exact) mass is 418 g/mol. The average molecular weight is 418 g/mol. The number of esters is 3. The van der Waals surface area contributed by atoms with Crippen LogP contribution in [0.5, 0.6) is 0 Å². The Kier molecular flexibility index (Phi) is 4.70. The molecule has 0 aromatic carbocycles. The van der Waals surface area contributed by atoms with Crippen molar-refractivity contribution < 1.29 is 38.4 Å². The van der Waals surface area contributed by atoms with E-state index < -0.39 is 59.3 Å². The summed E-state index contributed by atoms with van der Waals surface area (Å²) >= 11 is 0. The SMILES string of the molecule is C=C1C(=O)O[C@H]2[C@H]1[C@H](OC(=O)C(C)=CC)C[C@]1(CO1)[C@@H]1[C@H](OC(C)=O)C=C(C)[C@]21O. The van der Waals surface area contributed by atoms with Crippen molar-refractivity contribution in [2.24, 2.45) is 11.8 Å². The van der Waals surface area contributed by atoms with Crippen LogP contribution in [-0.2, 0) is 33.3 Å². The number of carbonyl (C=O) groups excluding carboxylic acids is 3. The summed E-state index contributed by atoms with van der Waals surface area (Å²) in [7, 11) is 0. The summed E-state index contributed by atoms with van der Waals surface area (Å²) in [6, 6.07) is 0. The number of allylic oxidation sites excluding steroid dienone is 1. The number of hydrogen-bond donors (Lipinski definition) is 1. The van der Waals surface area contributed by atoms with E-state index in [1.807, 2.05) is 0 Å². The number of rotatable bonds is 3. The van der Waals surface area contributed by atoms with Crippen LogP contribution in [0.1, 0.15) is 34.1 Å². The molecule has 4 aliphatic rings. The van der Waals surface area contributed by atoms with Crippen molar-refractivity contribution in [3.8, 4) is 0 Å². The van der Waals surface area contributed by atoms with E-state index in [0.717, 1.165) is 0 Å². The summed E-state index contributed by atoms with van der Waals surface area (Å²) in [6.45, 7) is 10.5. The minimum atomic E-state index is -1.65. The largest absolute Gasteiger partial charge is 0.458 e. The first-order chi connectivity index (χ1) is 14.0. The van der Waals surface area contributed by atoms with Crippen LogP contribution in [0.4, 0.5) is 0 Å². The summed E-state index contributed by atoms with van der Waals surface area (Å²) in [5.74, 6) is -3.11. The van der Waals surface area contributed by atoms with E-state index in [1.54, 1.807) is 32.9 Å². The van der Waals surface area contributed by atoms with Crippen molar-refractivity contribution in [1.82, 2.24) is 0 Å². The van der Waals surface area contributed by atoms with Crippen molar-refractivity contribution in [2.75, 3.05) is 6.61 Å². The second-order valence-corrected chi connectivity index (χ2v) is 8.58. The number of hydrogen-bond acceptors (Lipinski definition) is 8. The summed E-state index contributed by atoms with van der Waals surface area (Å²) in [5.41, 5.74) is -1.44. The van der Waals surface area contributed by atoms with E-state index in [4.69, 9.17) is 18.9 Å². The fourth-order valence-electron chi connectivity index (χ4n) is 5.18. The molecule has 1 spiro atoms. The predicted octanol–water partition coefficient (Wildman–Crippen LogP) is 1.37. The zero-order valence-corrected chi connectivity index (χ0v) is 17.5. The molecule has 162 valence electrons. The molecule has 2 aliphatic heterocycles. The molecule has 0 amide bonds. The lowest BCUT2D eigenvalue weighted by atomic mass is 9.73. The van der Waals surface area contributed by atoms with Gasteiger partial charge in [-0.05, 0) is 32.4 Å². The lowest BCUT2D eigenvalue weighted by Crippen LogP contribution is -2.56. The first-order valence-corrected chi connectivity index (χ1v) is 10.0. The molecule has 8 heteroatoms. The maximum Gasteiger partial charge on any atom is 0.334 e. The summed E-state index contributed by atoms with van der Waals surface area (Å²) < 4.78 is 22.7. The molecule has 2 saturated heterocycles. The fraction of sp³-hybridized carbons (Fsp3) is 0.591. The Morgan fingerprint density at radius 3 is 2.57 bits per heavy atom. The molecule has 2 heterocycles. The number of fused-ring (bicyclic) bond motifs is 4. The zero-order chi connectivity index (χ0) is 22.0. The third kappa shape index (κ3) is 2.85. The van der Waals surface area contributed by atoms with Gasteiger partial charge in [-0.2, -0.15) is 0 Å². The van der Waals surface area contributed by atoms with E-state index in [-0.39, 0.29) is 12.0 Å². The minimum Gasteiger partial charge on any atom is -0.458 e. The Labute approximate surface area is 174 Å². The third-order valence-electron chi connectivity index (χ3n) is 6.85. The topological polar surface area (TPSA) is 112 Å². The molecular weight excluding hydrogens is 392 g/mol. The molecule has 0 radical (unpaired) electrons. The van der Waals surface area contributed by atoms with Crippen LogP contribution < -0.4 is 0 Å². The molecule has 8 nitrogen and oxygen atoms in total. The third-order valence-corrected chi connectivity index (χ3v) is 6.85. The highest BCUT2D eigenvalue weighted by Crippen LogP contribution is 2.60. The molecule has 3 fully saturated rings. The highest BCUT2D eigenvalue weighted by atomic mass is 16.6. The quantitative estimate of drug-likeness (QED) is 0.241. The first kappa shape index (κ1) is 20.8. The molecule has 0 aromatic rings. The smallest absolute Gasteiger partial charge is 0.334 e. The van der Waals surface area contributed by atoms with Gasteiger partial charge in [0.05, 0.1) is 18.4 Å². The molecule has 4 rings (SSSR count). The predicted molar refractivity (Wildman–Crippen MR) is 103 cm³/mol. The van der Waals surface area contributed by atoms with Crippen LogP contribution in [0.25, 0.3) is 0 Å². The van der Waals surface area contributed by atoms with Crippen molar-refractivity contribution in [2.45, 2.75) is 63.6 Å². The molecule has 2 aliphatic carbocycles. The van der Waals surface area contributed by atoms with Gasteiger partial charge in [0.1, 0.15) is 29.5 Å². The summed E-state index contributed by atoms with van der Waals surface area (Å²) in [4.78, 5) is 36.7. The second-order valence-electron chi connectivity index (χ2n) is 8.58. The van der Waals surface area contributed by atoms with Crippen molar-refractivity contribution in [1.29, 1.82) is 0 Å². The van der Waals surface area contributed by atoms with E-state index in [1.165, 1.54) is 6.92 Å². The number of aliphatic hydroxyl groups is 1. The number of epoxide rings is 1.